The number of benzene rings is 1. The van der Waals surface area contributed by atoms with Gasteiger partial charge in [-0.25, -0.2) is 4.98 Å². The molecule has 3 aromatic rings. The average molecular weight is 279 g/mol. The second-order valence-electron chi connectivity index (χ2n) is 5.02. The third-order valence-electron chi connectivity index (χ3n) is 3.26. The Morgan fingerprint density at radius 2 is 2.05 bits per heavy atom. The number of nitrogens with one attached hydrogen (secondary N) is 2. The Balaban J connectivity index is 1.69. The van der Waals surface area contributed by atoms with Gasteiger partial charge in [0.15, 0.2) is 5.82 Å². The van der Waals surface area contributed by atoms with Crippen LogP contribution in [0.25, 0.3) is 11.4 Å². The van der Waals surface area contributed by atoms with Crippen LogP contribution in [0.15, 0.2) is 55.1 Å². The lowest BCUT2D eigenvalue weighted by atomic mass is 10.1. The smallest absolute Gasteiger partial charge is 0.155 e. The summed E-state index contributed by atoms with van der Waals surface area (Å²) in [7, 11) is 0. The molecule has 0 spiro atoms. The summed E-state index contributed by atoms with van der Waals surface area (Å²) in [5, 5.41) is 10.3. The van der Waals surface area contributed by atoms with Gasteiger partial charge in [-0.1, -0.05) is 12.1 Å². The predicted molar refractivity (Wildman–Crippen MR) is 82.8 cm³/mol. The van der Waals surface area contributed by atoms with E-state index in [2.05, 4.69) is 44.5 Å². The van der Waals surface area contributed by atoms with E-state index in [0.717, 1.165) is 23.5 Å². The van der Waals surface area contributed by atoms with Crippen LogP contribution in [0, 0.1) is 0 Å². The van der Waals surface area contributed by atoms with E-state index < -0.39 is 0 Å². The standard InChI is InChI=1S/C16H17N5/c1-12(9-13-5-7-17-8-6-13)20-15-4-2-3-14(10-15)16-18-11-19-21-16/h2-8,10-12,20H,9H2,1H3,(H,18,19,21)/t12-/m0/s1. The van der Waals surface area contributed by atoms with E-state index in [0.29, 0.717) is 6.04 Å². The maximum atomic E-state index is 4.17. The lowest BCUT2D eigenvalue weighted by Gasteiger charge is -2.15. The molecule has 21 heavy (non-hydrogen) atoms. The molecule has 2 aromatic heterocycles. The molecule has 0 bridgehead atoms. The van der Waals surface area contributed by atoms with Crippen LogP contribution in [0.2, 0.25) is 0 Å². The molecular weight excluding hydrogens is 262 g/mol. The van der Waals surface area contributed by atoms with E-state index in [1.807, 2.05) is 36.7 Å². The third-order valence-corrected chi connectivity index (χ3v) is 3.26. The van der Waals surface area contributed by atoms with Gasteiger partial charge in [-0.05, 0) is 43.2 Å². The summed E-state index contributed by atoms with van der Waals surface area (Å²) < 4.78 is 0. The van der Waals surface area contributed by atoms with Gasteiger partial charge < -0.3 is 5.32 Å². The second-order valence-corrected chi connectivity index (χ2v) is 5.02. The van der Waals surface area contributed by atoms with Crippen molar-refractivity contribution >= 4 is 5.69 Å². The van der Waals surface area contributed by atoms with E-state index >= 15 is 0 Å². The number of rotatable bonds is 5. The molecule has 0 aliphatic carbocycles. The molecule has 0 fully saturated rings. The molecule has 1 aromatic carbocycles. The van der Waals surface area contributed by atoms with Crippen LogP contribution in [0.1, 0.15) is 12.5 Å². The van der Waals surface area contributed by atoms with E-state index in [1.165, 1.54) is 11.9 Å². The van der Waals surface area contributed by atoms with Crippen LogP contribution >= 0.6 is 0 Å². The Morgan fingerprint density at radius 1 is 1.19 bits per heavy atom. The highest BCUT2D eigenvalue weighted by molar-refractivity contribution is 5.62. The SMILES string of the molecule is C[C@@H](Cc1ccncc1)Nc1cccc(-c2ncn[nH]2)c1. The fraction of sp³-hybridized carbons (Fsp3) is 0.188. The first-order valence-electron chi connectivity index (χ1n) is 6.92. The van der Waals surface area contributed by atoms with Crippen LogP contribution in [-0.4, -0.2) is 26.2 Å². The Morgan fingerprint density at radius 3 is 2.81 bits per heavy atom. The van der Waals surface area contributed by atoms with Crippen molar-refractivity contribution in [3.8, 4) is 11.4 Å². The minimum atomic E-state index is 0.331. The Kier molecular flexibility index (Phi) is 3.91. The molecule has 1 atom stereocenters. The van der Waals surface area contributed by atoms with Gasteiger partial charge in [0, 0.05) is 29.7 Å². The number of aromatic amines is 1. The Hall–Kier alpha value is -2.69. The van der Waals surface area contributed by atoms with Gasteiger partial charge in [0.05, 0.1) is 0 Å². The number of hydrogen-bond acceptors (Lipinski definition) is 4. The van der Waals surface area contributed by atoms with E-state index in [-0.39, 0.29) is 0 Å². The topological polar surface area (TPSA) is 66.5 Å². The quantitative estimate of drug-likeness (QED) is 0.753. The molecule has 0 aliphatic rings. The fourth-order valence-corrected chi connectivity index (χ4v) is 2.31. The van der Waals surface area contributed by atoms with Gasteiger partial charge in [-0.3, -0.25) is 10.1 Å². The summed E-state index contributed by atoms with van der Waals surface area (Å²) in [6, 6.07) is 12.6. The van der Waals surface area contributed by atoms with Crippen molar-refractivity contribution in [2.75, 3.05) is 5.32 Å². The summed E-state index contributed by atoms with van der Waals surface area (Å²) >= 11 is 0. The van der Waals surface area contributed by atoms with E-state index in [1.54, 1.807) is 0 Å². The summed E-state index contributed by atoms with van der Waals surface area (Å²) in [5.41, 5.74) is 3.37. The first-order valence-corrected chi connectivity index (χ1v) is 6.92. The van der Waals surface area contributed by atoms with Gasteiger partial charge in [0.1, 0.15) is 6.33 Å². The van der Waals surface area contributed by atoms with Gasteiger partial charge in [-0.2, -0.15) is 5.10 Å². The fourth-order valence-electron chi connectivity index (χ4n) is 2.31. The normalized spacial score (nSPS) is 12.0. The molecule has 3 rings (SSSR count). The first kappa shape index (κ1) is 13.3. The zero-order valence-electron chi connectivity index (χ0n) is 11.8. The van der Waals surface area contributed by atoms with Crippen LogP contribution in [0.5, 0.6) is 0 Å². The summed E-state index contributed by atoms with van der Waals surface area (Å²) in [6.07, 6.45) is 6.12. The summed E-state index contributed by atoms with van der Waals surface area (Å²) in [4.78, 5) is 8.21. The number of pyridine rings is 1. The highest BCUT2D eigenvalue weighted by Gasteiger charge is 2.06. The molecule has 0 unspecified atom stereocenters. The van der Waals surface area contributed by atoms with Crippen LogP contribution in [0.3, 0.4) is 0 Å². The van der Waals surface area contributed by atoms with Crippen LogP contribution in [0.4, 0.5) is 5.69 Å². The highest BCUT2D eigenvalue weighted by atomic mass is 15.2. The van der Waals surface area contributed by atoms with Crippen molar-refractivity contribution < 1.29 is 0 Å². The van der Waals surface area contributed by atoms with Gasteiger partial charge >= 0.3 is 0 Å². The molecule has 2 heterocycles. The minimum absolute atomic E-state index is 0.331. The Bertz CT molecular complexity index is 679. The molecule has 0 aliphatic heterocycles. The molecule has 0 amide bonds. The first-order chi connectivity index (χ1) is 10.3. The molecule has 0 saturated heterocycles. The molecule has 0 radical (unpaired) electrons. The van der Waals surface area contributed by atoms with Crippen LogP contribution in [-0.2, 0) is 6.42 Å². The van der Waals surface area contributed by atoms with Crippen molar-refractivity contribution in [1.29, 1.82) is 0 Å². The minimum Gasteiger partial charge on any atom is -0.382 e. The van der Waals surface area contributed by atoms with Crippen LogP contribution < -0.4 is 5.32 Å². The van der Waals surface area contributed by atoms with Gasteiger partial charge in [-0.15, -0.1) is 0 Å². The van der Waals surface area contributed by atoms with Crippen molar-refractivity contribution in [1.82, 2.24) is 20.2 Å². The molecule has 0 saturated carbocycles. The van der Waals surface area contributed by atoms with Crippen molar-refractivity contribution in [3.63, 3.8) is 0 Å². The lowest BCUT2D eigenvalue weighted by Crippen LogP contribution is -2.18. The summed E-state index contributed by atoms with van der Waals surface area (Å²) in [6.45, 7) is 2.17. The molecule has 106 valence electrons. The second kappa shape index (κ2) is 6.17. The van der Waals surface area contributed by atoms with Crippen molar-refractivity contribution in [3.05, 3.63) is 60.7 Å². The molecular formula is C16H17N5. The number of aromatic nitrogens is 4. The zero-order chi connectivity index (χ0) is 14.5. The monoisotopic (exact) mass is 279 g/mol. The van der Waals surface area contributed by atoms with E-state index in [4.69, 9.17) is 0 Å². The number of hydrogen-bond donors (Lipinski definition) is 2. The van der Waals surface area contributed by atoms with Crippen molar-refractivity contribution in [2.45, 2.75) is 19.4 Å². The molecule has 5 nitrogen and oxygen atoms in total. The molecule has 5 heteroatoms. The maximum Gasteiger partial charge on any atom is 0.155 e. The van der Waals surface area contributed by atoms with Crippen molar-refractivity contribution in [2.24, 2.45) is 0 Å². The predicted octanol–water partition coefficient (Wildman–Crippen LogP) is 2.91. The summed E-state index contributed by atoms with van der Waals surface area (Å²) in [5.74, 6) is 0.778. The van der Waals surface area contributed by atoms with Gasteiger partial charge in [0.2, 0.25) is 0 Å². The largest absolute Gasteiger partial charge is 0.382 e. The number of H-pyrrole nitrogens is 1. The highest BCUT2D eigenvalue weighted by Crippen LogP contribution is 2.19. The van der Waals surface area contributed by atoms with Gasteiger partial charge in [0.25, 0.3) is 0 Å². The zero-order valence-corrected chi connectivity index (χ0v) is 11.8. The third kappa shape index (κ3) is 3.45. The van der Waals surface area contributed by atoms with E-state index in [9.17, 15) is 0 Å². The molecule has 2 N–H and O–H groups in total. The lowest BCUT2D eigenvalue weighted by molar-refractivity contribution is 0.789. The maximum absolute atomic E-state index is 4.17. The Labute approximate surface area is 123 Å². The average Bonchev–Trinajstić information content (AvgIpc) is 3.02. The number of nitrogens with zero attached hydrogens (tertiary/aromatic N) is 3. The number of anilines is 1.